The van der Waals surface area contributed by atoms with Crippen LogP contribution in [0.5, 0.6) is 5.88 Å². The zero-order chi connectivity index (χ0) is 24.2. The third kappa shape index (κ3) is 5.46. The van der Waals surface area contributed by atoms with Gasteiger partial charge in [-0.15, -0.1) is 21.5 Å². The van der Waals surface area contributed by atoms with Crippen molar-refractivity contribution in [3.8, 4) is 5.88 Å². The smallest absolute Gasteiger partial charge is 0.269 e. The third-order valence-corrected chi connectivity index (χ3v) is 6.85. The predicted octanol–water partition coefficient (Wildman–Crippen LogP) is 3.16. The molecule has 1 aliphatic rings. The summed E-state index contributed by atoms with van der Waals surface area (Å²) in [5, 5.41) is 17.0. The van der Waals surface area contributed by atoms with Crippen molar-refractivity contribution in [3.63, 3.8) is 0 Å². The Hall–Kier alpha value is -3.44. The van der Waals surface area contributed by atoms with Gasteiger partial charge in [0.1, 0.15) is 11.2 Å². The number of nitrogens with one attached hydrogen (secondary N) is 1. The van der Waals surface area contributed by atoms with Gasteiger partial charge in [-0.2, -0.15) is 10.2 Å². The lowest BCUT2D eigenvalue weighted by Crippen LogP contribution is -2.21. The van der Waals surface area contributed by atoms with Gasteiger partial charge >= 0.3 is 0 Å². The van der Waals surface area contributed by atoms with Gasteiger partial charge in [0.2, 0.25) is 5.88 Å². The molecule has 4 aromatic heterocycles. The fourth-order valence-corrected chi connectivity index (χ4v) is 4.81. The molecule has 1 aliphatic heterocycles. The highest BCUT2D eigenvalue weighted by atomic mass is 32.1. The van der Waals surface area contributed by atoms with Crippen LogP contribution >= 0.6 is 11.3 Å². The number of aryl methyl sites for hydroxylation is 2. The molecule has 35 heavy (non-hydrogen) atoms. The number of nitrogens with zero attached hydrogens (tertiary/aromatic N) is 6. The maximum atomic E-state index is 13.4. The van der Waals surface area contributed by atoms with Crippen molar-refractivity contribution in [2.24, 2.45) is 5.92 Å². The summed E-state index contributed by atoms with van der Waals surface area (Å²) in [4.78, 5) is 22.8. The maximum absolute atomic E-state index is 13.4. The minimum absolute atomic E-state index is 0.222. The molecule has 10 nitrogen and oxygen atoms in total. The fourth-order valence-electron chi connectivity index (χ4n) is 3.85. The largest absolute Gasteiger partial charge is 0.477 e. The van der Waals surface area contributed by atoms with Gasteiger partial charge < -0.3 is 9.47 Å². The van der Waals surface area contributed by atoms with E-state index in [0.717, 1.165) is 42.1 Å². The summed E-state index contributed by atoms with van der Waals surface area (Å²) < 4.78 is 13.0. The molecule has 11 heteroatoms. The molecule has 1 saturated heterocycles. The summed E-state index contributed by atoms with van der Waals surface area (Å²) in [6.07, 6.45) is 7.58. The Balaban J connectivity index is 1.42. The van der Waals surface area contributed by atoms with Crippen LogP contribution in [0.15, 0.2) is 28.5 Å². The monoisotopic (exact) mass is 493 g/mol. The number of rotatable bonds is 9. The number of fused-ring (bicyclic) bond motifs is 1. The molecule has 0 spiro atoms. The van der Waals surface area contributed by atoms with Crippen LogP contribution in [0.2, 0.25) is 0 Å². The fraction of sp³-hybridized carbons (Fsp3) is 0.417. The van der Waals surface area contributed by atoms with E-state index in [4.69, 9.17) is 19.4 Å². The molecule has 0 aromatic carbocycles. The van der Waals surface area contributed by atoms with E-state index in [9.17, 15) is 4.79 Å². The molecule has 0 radical (unpaired) electrons. The quantitative estimate of drug-likeness (QED) is 0.378. The Morgan fingerprint density at radius 3 is 2.97 bits per heavy atom. The number of thiazole rings is 1. The third-order valence-electron chi connectivity index (χ3n) is 5.92. The molecule has 5 rings (SSSR count). The van der Waals surface area contributed by atoms with Crippen LogP contribution in [0.25, 0.3) is 17.8 Å². The van der Waals surface area contributed by atoms with Gasteiger partial charge in [-0.05, 0) is 53.8 Å². The second kappa shape index (κ2) is 10.4. The van der Waals surface area contributed by atoms with Crippen LogP contribution in [0.3, 0.4) is 0 Å². The lowest BCUT2D eigenvalue weighted by atomic mass is 10.1. The molecule has 4 aromatic rings. The summed E-state index contributed by atoms with van der Waals surface area (Å²) in [5.41, 5.74) is 2.88. The van der Waals surface area contributed by atoms with E-state index in [-0.39, 0.29) is 11.5 Å². The zero-order valence-electron chi connectivity index (χ0n) is 19.7. The predicted molar refractivity (Wildman–Crippen MR) is 133 cm³/mol. The number of H-pyrrole nitrogens is 1. The Labute approximate surface area is 206 Å². The van der Waals surface area contributed by atoms with Crippen molar-refractivity contribution in [2.75, 3.05) is 19.8 Å². The summed E-state index contributed by atoms with van der Waals surface area (Å²) in [7, 11) is 0. The van der Waals surface area contributed by atoms with Crippen LogP contribution < -0.4 is 10.3 Å². The molecule has 182 valence electrons. The highest BCUT2D eigenvalue weighted by molar-refractivity contribution is 7.09. The van der Waals surface area contributed by atoms with Crippen LogP contribution in [0.1, 0.15) is 53.8 Å². The molecular formula is C24H27N7O3S. The van der Waals surface area contributed by atoms with Gasteiger partial charge in [-0.1, -0.05) is 13.8 Å². The van der Waals surface area contributed by atoms with Crippen LogP contribution in [0.4, 0.5) is 0 Å². The van der Waals surface area contributed by atoms with Gasteiger partial charge in [0.05, 0.1) is 23.9 Å². The molecule has 0 amide bonds. The summed E-state index contributed by atoms with van der Waals surface area (Å²) in [6, 6.07) is 3.90. The first-order valence-electron chi connectivity index (χ1n) is 11.7. The summed E-state index contributed by atoms with van der Waals surface area (Å²) in [5.74, 6) is 1.36. The summed E-state index contributed by atoms with van der Waals surface area (Å²) in [6.45, 7) is 6.12. The zero-order valence-corrected chi connectivity index (χ0v) is 20.5. The van der Waals surface area contributed by atoms with Gasteiger partial charge in [0.25, 0.3) is 5.56 Å². The molecule has 0 bridgehead atoms. The number of aromatic nitrogens is 7. The molecular weight excluding hydrogens is 466 g/mol. The molecule has 1 N–H and O–H groups in total. The van der Waals surface area contributed by atoms with Gasteiger partial charge in [-0.3, -0.25) is 9.20 Å². The van der Waals surface area contributed by atoms with Crippen molar-refractivity contribution in [1.29, 1.82) is 0 Å². The lowest BCUT2D eigenvalue weighted by molar-refractivity contribution is 0.165. The average molecular weight is 494 g/mol. The lowest BCUT2D eigenvalue weighted by Gasteiger charge is -2.13. The second-order valence-electron chi connectivity index (χ2n) is 8.86. The first kappa shape index (κ1) is 23.3. The van der Waals surface area contributed by atoms with Crippen LogP contribution in [-0.2, 0) is 17.6 Å². The normalized spacial score (nSPS) is 16.1. The van der Waals surface area contributed by atoms with Gasteiger partial charge in [0, 0.05) is 30.5 Å². The van der Waals surface area contributed by atoms with E-state index in [1.807, 2.05) is 12.1 Å². The molecule has 1 fully saturated rings. The van der Waals surface area contributed by atoms with E-state index in [1.165, 1.54) is 4.40 Å². The van der Waals surface area contributed by atoms with Crippen molar-refractivity contribution < 1.29 is 9.47 Å². The number of hydrogen-bond donors (Lipinski definition) is 1. The van der Waals surface area contributed by atoms with Gasteiger partial charge in [0.15, 0.2) is 5.82 Å². The second-order valence-corrected chi connectivity index (χ2v) is 9.81. The molecule has 0 saturated carbocycles. The number of hydrogen-bond acceptors (Lipinski definition) is 9. The van der Waals surface area contributed by atoms with Crippen LogP contribution in [0, 0.1) is 5.92 Å². The highest BCUT2D eigenvalue weighted by Crippen LogP contribution is 2.22. The summed E-state index contributed by atoms with van der Waals surface area (Å²) >= 11 is 1.69. The molecule has 5 heterocycles. The van der Waals surface area contributed by atoms with E-state index < -0.39 is 0 Å². The Morgan fingerprint density at radius 2 is 2.23 bits per heavy atom. The number of aromatic amines is 1. The van der Waals surface area contributed by atoms with Crippen molar-refractivity contribution in [1.82, 2.24) is 35.0 Å². The highest BCUT2D eigenvalue weighted by Gasteiger charge is 2.19. The van der Waals surface area contributed by atoms with E-state index in [0.29, 0.717) is 42.0 Å². The molecule has 1 atom stereocenters. The Morgan fingerprint density at radius 1 is 1.31 bits per heavy atom. The first-order chi connectivity index (χ1) is 17.1. The number of pyridine rings is 1. The number of ether oxygens (including phenoxy) is 2. The Kier molecular flexibility index (Phi) is 6.96. The topological polar surface area (TPSA) is 120 Å². The van der Waals surface area contributed by atoms with Gasteiger partial charge in [-0.25, -0.2) is 4.98 Å². The minimum Gasteiger partial charge on any atom is -0.477 e. The van der Waals surface area contributed by atoms with Crippen molar-refractivity contribution in [2.45, 2.75) is 39.0 Å². The molecule has 0 aliphatic carbocycles. The maximum Gasteiger partial charge on any atom is 0.269 e. The van der Waals surface area contributed by atoms with Crippen molar-refractivity contribution in [3.05, 3.63) is 61.7 Å². The van der Waals surface area contributed by atoms with E-state index >= 15 is 0 Å². The average Bonchev–Trinajstić information content (AvgIpc) is 3.64. The number of tetrazole rings is 1. The van der Waals surface area contributed by atoms with E-state index in [1.54, 1.807) is 29.7 Å². The van der Waals surface area contributed by atoms with Crippen LogP contribution in [-0.4, -0.2) is 54.8 Å². The van der Waals surface area contributed by atoms with E-state index in [2.05, 4.69) is 39.9 Å². The standard InChI is InChI=1S/C24H27N7O3S/c1-15(2)19-14-35-22(25-19)6-3-16-7-9-31-21(11-16)26-23(34-13-17-8-10-33-12-17)18(24(31)32)4-5-20-27-29-30-28-20/h4-5,7,9,11,14-15,17H,3,6,8,10,12-13H2,1-2H3,(H,27,28,29,30)/b5-4+. The minimum atomic E-state index is -0.222. The van der Waals surface area contributed by atoms with Crippen molar-refractivity contribution >= 4 is 29.1 Å². The SMILES string of the molecule is CC(C)c1csc(CCc2ccn3c(=O)c(/C=C/c4nn[nH]n4)c(OCC4CCOC4)nc3c2)n1. The first-order valence-corrected chi connectivity index (χ1v) is 12.6. The Bertz CT molecular complexity index is 1370. The molecule has 1 unspecified atom stereocenters.